The van der Waals surface area contributed by atoms with Crippen LogP contribution >= 0.6 is 0 Å². The van der Waals surface area contributed by atoms with Crippen molar-refractivity contribution in [3.8, 4) is 0 Å². The third-order valence-electron chi connectivity index (χ3n) is 1.06. The minimum absolute atomic E-state index is 0.0619. The molecule has 7 nitrogen and oxygen atoms in total. The molecule has 0 spiro atoms. The maximum absolute atomic E-state index is 10.5. The van der Waals surface area contributed by atoms with Crippen LogP contribution in [0.1, 0.15) is 0 Å². The topological polar surface area (TPSA) is 105 Å². The monoisotopic (exact) mass is 163 g/mol. The Labute approximate surface area is 63.9 Å². The van der Waals surface area contributed by atoms with Crippen LogP contribution < -0.4 is 5.73 Å². The summed E-state index contributed by atoms with van der Waals surface area (Å²) >= 11 is 0. The summed E-state index contributed by atoms with van der Waals surface area (Å²) in [6, 6.07) is 0. The van der Waals surface area contributed by atoms with E-state index in [1.54, 1.807) is 0 Å². The third kappa shape index (κ3) is 3.83. The number of hydrogen-bond donors (Lipinski definition) is 2. The molecule has 0 aliphatic heterocycles. The van der Waals surface area contributed by atoms with Gasteiger partial charge in [-0.1, -0.05) is 0 Å². The Hall–Kier alpha value is -0.760. The van der Waals surface area contributed by atoms with Gasteiger partial charge in [-0.3, -0.25) is 5.28 Å². The Kier molecular flexibility index (Phi) is 5.57. The molecule has 3 N–H and O–H groups in total. The van der Waals surface area contributed by atoms with Gasteiger partial charge in [-0.15, -0.1) is 4.91 Å². The fraction of sp³-hybridized carbons (Fsp3) is 1.00. The number of aliphatic hydroxyl groups excluding tert-OH is 1. The standard InChI is InChI=1S/C4H11N4O3/c5-1-2-7(3-4-9)8(11)6-10/h9H,1-5H2/q-1. The van der Waals surface area contributed by atoms with Crippen LogP contribution in [-0.4, -0.2) is 41.6 Å². The lowest BCUT2D eigenvalue weighted by molar-refractivity contribution is 0.0105. The summed E-state index contributed by atoms with van der Waals surface area (Å²) < 4.78 is 0. The molecule has 0 rings (SSSR count). The molecule has 0 aliphatic rings. The molecule has 0 bridgehead atoms. The zero-order chi connectivity index (χ0) is 8.69. The van der Waals surface area contributed by atoms with Gasteiger partial charge in [0.05, 0.1) is 11.9 Å². The normalized spacial score (nSPS) is 10.2. The largest absolute Gasteiger partial charge is 0.724 e. The summed E-state index contributed by atoms with van der Waals surface area (Å²) in [5, 5.41) is 21.9. The molecule has 0 aromatic carbocycles. The van der Waals surface area contributed by atoms with Crippen LogP contribution in [0.5, 0.6) is 0 Å². The first-order chi connectivity index (χ1) is 5.26. The van der Waals surface area contributed by atoms with E-state index >= 15 is 0 Å². The van der Waals surface area contributed by atoms with Crippen molar-refractivity contribution in [1.82, 2.24) is 10.3 Å². The zero-order valence-electron chi connectivity index (χ0n) is 6.01. The number of nitroso groups, excluding NO2 is 1. The molecule has 7 heteroatoms. The molecule has 0 saturated carbocycles. The molecular formula is C4H11N4O3-. The van der Waals surface area contributed by atoms with Gasteiger partial charge in [0.2, 0.25) is 0 Å². The van der Waals surface area contributed by atoms with Gasteiger partial charge in [0.15, 0.2) is 0 Å². The number of rotatable bonds is 6. The van der Waals surface area contributed by atoms with Crippen LogP contribution in [0.3, 0.4) is 0 Å². The summed E-state index contributed by atoms with van der Waals surface area (Å²) in [5.41, 5.74) is 5.12. The Balaban J connectivity index is 3.75. The fourth-order valence-corrected chi connectivity index (χ4v) is 0.599. The van der Waals surface area contributed by atoms with Crippen LogP contribution in [0.2, 0.25) is 0 Å². The molecule has 0 unspecified atom stereocenters. The van der Waals surface area contributed by atoms with Crippen LogP contribution in [0.4, 0.5) is 0 Å². The van der Waals surface area contributed by atoms with E-state index in [0.717, 1.165) is 5.01 Å². The van der Waals surface area contributed by atoms with Crippen LogP contribution in [0, 0.1) is 10.1 Å². The quantitative estimate of drug-likeness (QED) is 0.370. The van der Waals surface area contributed by atoms with Gasteiger partial charge in [0.1, 0.15) is 0 Å². The van der Waals surface area contributed by atoms with Crippen molar-refractivity contribution in [2.75, 3.05) is 26.2 Å². The lowest BCUT2D eigenvalue weighted by atomic mass is 10.6. The zero-order valence-corrected chi connectivity index (χ0v) is 6.01. The molecule has 0 heterocycles. The van der Waals surface area contributed by atoms with E-state index in [2.05, 4.69) is 5.29 Å². The Morgan fingerprint density at radius 3 is 2.55 bits per heavy atom. The highest BCUT2D eigenvalue weighted by Crippen LogP contribution is 1.93. The van der Waals surface area contributed by atoms with Crippen molar-refractivity contribution < 1.29 is 5.11 Å². The minimum Gasteiger partial charge on any atom is -0.724 e. The first kappa shape index (κ1) is 10.2. The number of hydrogen-bond acceptors (Lipinski definition) is 6. The molecule has 66 valence electrons. The third-order valence-corrected chi connectivity index (χ3v) is 1.06. The van der Waals surface area contributed by atoms with Gasteiger partial charge in [0.25, 0.3) is 0 Å². The van der Waals surface area contributed by atoms with Gasteiger partial charge in [0, 0.05) is 19.6 Å². The summed E-state index contributed by atoms with van der Waals surface area (Å²) in [6.45, 7) is 0.282. The molecule has 0 saturated heterocycles. The van der Waals surface area contributed by atoms with Gasteiger partial charge < -0.3 is 16.0 Å². The highest BCUT2D eigenvalue weighted by molar-refractivity contribution is 4.53. The maximum atomic E-state index is 10.5. The van der Waals surface area contributed by atoms with E-state index in [9.17, 15) is 10.1 Å². The Morgan fingerprint density at radius 2 is 2.18 bits per heavy atom. The number of nitrogens with zero attached hydrogens (tertiary/aromatic N) is 3. The average Bonchev–Trinajstić information content (AvgIpc) is 2.03. The average molecular weight is 163 g/mol. The van der Waals surface area contributed by atoms with Gasteiger partial charge in [-0.2, -0.15) is 0 Å². The lowest BCUT2D eigenvalue weighted by Gasteiger charge is -2.32. The van der Waals surface area contributed by atoms with Gasteiger partial charge in [-0.25, -0.2) is 5.01 Å². The molecule has 0 aliphatic carbocycles. The summed E-state index contributed by atoms with van der Waals surface area (Å²) in [7, 11) is 0. The Bertz CT molecular complexity index is 106. The lowest BCUT2D eigenvalue weighted by Crippen LogP contribution is -2.40. The molecule has 0 aromatic heterocycles. The van der Waals surface area contributed by atoms with Crippen molar-refractivity contribution >= 4 is 0 Å². The second kappa shape index (κ2) is 5.98. The van der Waals surface area contributed by atoms with E-state index in [1.165, 1.54) is 0 Å². The van der Waals surface area contributed by atoms with Crippen molar-refractivity contribution in [1.29, 1.82) is 0 Å². The number of hydrazine groups is 1. The predicted molar refractivity (Wildman–Crippen MR) is 38.7 cm³/mol. The van der Waals surface area contributed by atoms with Crippen molar-refractivity contribution in [3.05, 3.63) is 10.1 Å². The second-order valence-corrected chi connectivity index (χ2v) is 1.80. The van der Waals surface area contributed by atoms with E-state index in [4.69, 9.17) is 10.8 Å². The SMILES string of the molecule is NCCN(CCO)N([O-])N=O. The van der Waals surface area contributed by atoms with Crippen LogP contribution in [0.15, 0.2) is 5.29 Å². The van der Waals surface area contributed by atoms with Crippen molar-refractivity contribution in [3.63, 3.8) is 0 Å². The molecule has 11 heavy (non-hydrogen) atoms. The van der Waals surface area contributed by atoms with Gasteiger partial charge in [-0.05, 0) is 0 Å². The van der Waals surface area contributed by atoms with E-state index in [1.807, 2.05) is 0 Å². The predicted octanol–water partition coefficient (Wildman–Crippen LogP) is -1.36. The molecule has 0 radical (unpaired) electrons. The number of aliphatic hydroxyl groups is 1. The van der Waals surface area contributed by atoms with E-state index < -0.39 is 0 Å². The van der Waals surface area contributed by atoms with E-state index in [0.29, 0.717) is 0 Å². The van der Waals surface area contributed by atoms with Crippen LogP contribution in [0.25, 0.3) is 0 Å². The molecule has 0 atom stereocenters. The minimum atomic E-state index is -0.214. The second-order valence-electron chi connectivity index (χ2n) is 1.80. The smallest absolute Gasteiger partial charge is 0.0579 e. The summed E-state index contributed by atoms with van der Waals surface area (Å²) in [4.78, 5) is 9.70. The molecular weight excluding hydrogens is 152 g/mol. The van der Waals surface area contributed by atoms with Crippen LogP contribution in [-0.2, 0) is 0 Å². The van der Waals surface area contributed by atoms with Crippen molar-refractivity contribution in [2.24, 2.45) is 11.0 Å². The summed E-state index contributed by atoms with van der Waals surface area (Å²) in [5.74, 6) is 0. The van der Waals surface area contributed by atoms with E-state index in [-0.39, 0.29) is 31.5 Å². The van der Waals surface area contributed by atoms with Crippen molar-refractivity contribution in [2.45, 2.75) is 0 Å². The molecule has 0 amide bonds. The molecule has 0 aromatic rings. The molecule has 0 fully saturated rings. The maximum Gasteiger partial charge on any atom is 0.0579 e. The van der Waals surface area contributed by atoms with Gasteiger partial charge >= 0.3 is 0 Å². The fourth-order valence-electron chi connectivity index (χ4n) is 0.599. The highest BCUT2D eigenvalue weighted by Gasteiger charge is 2.03. The number of nitrogens with two attached hydrogens (primary N) is 1. The first-order valence-electron chi connectivity index (χ1n) is 3.12. The Morgan fingerprint density at radius 1 is 1.55 bits per heavy atom. The highest BCUT2D eigenvalue weighted by atomic mass is 16.6. The first-order valence-corrected chi connectivity index (χ1v) is 3.12. The summed E-state index contributed by atoms with van der Waals surface area (Å²) in [6.07, 6.45) is 0.